The van der Waals surface area contributed by atoms with Crippen LogP contribution in [0, 0.1) is 0 Å². The number of benzene rings is 1. The molecular weight excluding hydrogens is 238 g/mol. The van der Waals surface area contributed by atoms with Gasteiger partial charge in [0.25, 0.3) is 5.91 Å². The topological polar surface area (TPSA) is 67.2 Å². The molecular formula is C15H25N3O. The zero-order chi connectivity index (χ0) is 14.5. The maximum Gasteiger partial charge on any atom is 0.251 e. The monoisotopic (exact) mass is 263 g/mol. The molecule has 4 heteroatoms. The molecule has 4 nitrogen and oxygen atoms in total. The van der Waals surface area contributed by atoms with E-state index in [-0.39, 0.29) is 11.4 Å². The third-order valence-electron chi connectivity index (χ3n) is 3.97. The molecule has 106 valence electrons. The molecule has 0 unspecified atom stereocenters. The Kier molecular flexibility index (Phi) is 5.21. The fraction of sp³-hybridized carbons (Fsp3) is 0.533. The molecule has 1 rings (SSSR count). The van der Waals surface area contributed by atoms with E-state index in [0.717, 1.165) is 24.9 Å². The van der Waals surface area contributed by atoms with E-state index < -0.39 is 0 Å². The highest BCUT2D eigenvalue weighted by Crippen LogP contribution is 2.29. The van der Waals surface area contributed by atoms with E-state index >= 15 is 0 Å². The summed E-state index contributed by atoms with van der Waals surface area (Å²) >= 11 is 0. The van der Waals surface area contributed by atoms with Crippen molar-refractivity contribution in [2.45, 2.75) is 45.6 Å². The van der Waals surface area contributed by atoms with Gasteiger partial charge in [0.05, 0.1) is 11.4 Å². The van der Waals surface area contributed by atoms with E-state index in [0.29, 0.717) is 11.3 Å². The van der Waals surface area contributed by atoms with E-state index in [9.17, 15) is 4.79 Å². The lowest BCUT2D eigenvalue weighted by Crippen LogP contribution is -2.36. The molecule has 0 saturated carbocycles. The number of anilines is 2. The summed E-state index contributed by atoms with van der Waals surface area (Å²) in [5.41, 5.74) is 8.21. The second-order valence-corrected chi connectivity index (χ2v) is 4.85. The summed E-state index contributed by atoms with van der Waals surface area (Å²) in [6.07, 6.45) is 3.11. The smallest absolute Gasteiger partial charge is 0.251 e. The second kappa shape index (κ2) is 6.45. The van der Waals surface area contributed by atoms with Crippen LogP contribution in [0.25, 0.3) is 0 Å². The highest BCUT2D eigenvalue weighted by Gasteiger charge is 2.24. The van der Waals surface area contributed by atoms with Crippen LogP contribution in [-0.2, 0) is 0 Å². The van der Waals surface area contributed by atoms with Gasteiger partial charge >= 0.3 is 0 Å². The van der Waals surface area contributed by atoms with Gasteiger partial charge in [0, 0.05) is 18.2 Å². The minimum atomic E-state index is -0.119. The molecule has 0 atom stereocenters. The zero-order valence-corrected chi connectivity index (χ0v) is 12.3. The molecule has 1 amide bonds. The van der Waals surface area contributed by atoms with Crippen LogP contribution in [0.5, 0.6) is 0 Å². The molecule has 0 radical (unpaired) electrons. The Bertz CT molecular complexity index is 431. The number of nitrogens with one attached hydrogen (secondary N) is 2. The van der Waals surface area contributed by atoms with Crippen LogP contribution in [0.1, 0.15) is 50.4 Å². The highest BCUT2D eigenvalue weighted by molar-refractivity contribution is 5.95. The number of rotatable bonds is 6. The quantitative estimate of drug-likeness (QED) is 0.691. The maximum atomic E-state index is 11.5. The first-order chi connectivity index (χ1) is 9.01. The van der Waals surface area contributed by atoms with Crippen molar-refractivity contribution >= 4 is 17.3 Å². The van der Waals surface area contributed by atoms with E-state index in [1.807, 2.05) is 6.07 Å². The third-order valence-corrected chi connectivity index (χ3v) is 3.97. The van der Waals surface area contributed by atoms with Crippen molar-refractivity contribution in [3.8, 4) is 0 Å². The minimum absolute atomic E-state index is 0.0721. The van der Waals surface area contributed by atoms with E-state index in [4.69, 9.17) is 5.73 Å². The molecule has 0 aromatic heterocycles. The molecule has 0 heterocycles. The predicted octanol–water partition coefficient (Wildman–Crippen LogP) is 3.01. The third kappa shape index (κ3) is 3.40. The van der Waals surface area contributed by atoms with Gasteiger partial charge in [0.15, 0.2) is 0 Å². The lowest BCUT2D eigenvalue weighted by molar-refractivity contribution is 0.0963. The number of nitrogen functional groups attached to an aromatic ring is 1. The lowest BCUT2D eigenvalue weighted by Gasteiger charge is -2.33. The summed E-state index contributed by atoms with van der Waals surface area (Å²) in [6, 6.07) is 5.39. The largest absolute Gasteiger partial charge is 0.397 e. The average molecular weight is 263 g/mol. The van der Waals surface area contributed by atoms with Crippen molar-refractivity contribution in [1.29, 1.82) is 0 Å². The maximum absolute atomic E-state index is 11.5. The van der Waals surface area contributed by atoms with Crippen molar-refractivity contribution in [2.75, 3.05) is 18.1 Å². The lowest BCUT2D eigenvalue weighted by atomic mass is 9.89. The van der Waals surface area contributed by atoms with Gasteiger partial charge < -0.3 is 16.4 Å². The molecule has 0 spiro atoms. The number of amides is 1. The molecule has 0 aliphatic heterocycles. The van der Waals surface area contributed by atoms with Gasteiger partial charge in [0.2, 0.25) is 0 Å². The van der Waals surface area contributed by atoms with E-state index in [1.54, 1.807) is 19.2 Å². The predicted molar refractivity (Wildman–Crippen MR) is 81.5 cm³/mol. The Labute approximate surface area is 115 Å². The van der Waals surface area contributed by atoms with E-state index in [2.05, 4.69) is 31.4 Å². The SMILES string of the molecule is CCC(CC)(CC)Nc1ccc(C(=O)NC)cc1N. The van der Waals surface area contributed by atoms with Crippen molar-refractivity contribution < 1.29 is 4.79 Å². The Hall–Kier alpha value is -1.71. The van der Waals surface area contributed by atoms with Gasteiger partial charge in [-0.25, -0.2) is 0 Å². The first-order valence-electron chi connectivity index (χ1n) is 6.91. The zero-order valence-electron chi connectivity index (χ0n) is 12.3. The standard InChI is InChI=1S/C15H25N3O/c1-5-15(6-2,7-3)18-13-9-8-11(10-12(13)16)14(19)17-4/h8-10,18H,5-7,16H2,1-4H3,(H,17,19). The van der Waals surface area contributed by atoms with Crippen LogP contribution < -0.4 is 16.4 Å². The summed E-state index contributed by atoms with van der Waals surface area (Å²) in [5.74, 6) is -0.119. The number of hydrogen-bond acceptors (Lipinski definition) is 3. The summed E-state index contributed by atoms with van der Waals surface area (Å²) in [6.45, 7) is 6.53. The highest BCUT2D eigenvalue weighted by atomic mass is 16.1. The number of carbonyl (C=O) groups is 1. The number of hydrogen-bond donors (Lipinski definition) is 3. The summed E-state index contributed by atoms with van der Waals surface area (Å²) < 4.78 is 0. The molecule has 1 aromatic carbocycles. The Morgan fingerprint density at radius 2 is 1.79 bits per heavy atom. The molecule has 0 aliphatic carbocycles. The molecule has 19 heavy (non-hydrogen) atoms. The van der Waals surface area contributed by atoms with Crippen molar-refractivity contribution in [2.24, 2.45) is 0 Å². The van der Waals surface area contributed by atoms with Crippen LogP contribution in [0.3, 0.4) is 0 Å². The first-order valence-corrected chi connectivity index (χ1v) is 6.91. The van der Waals surface area contributed by atoms with Crippen molar-refractivity contribution in [1.82, 2.24) is 5.32 Å². The average Bonchev–Trinajstić information content (AvgIpc) is 2.45. The second-order valence-electron chi connectivity index (χ2n) is 4.85. The summed E-state index contributed by atoms with van der Waals surface area (Å²) in [7, 11) is 1.61. The van der Waals surface area contributed by atoms with Crippen molar-refractivity contribution in [3.05, 3.63) is 23.8 Å². The molecule has 0 bridgehead atoms. The Morgan fingerprint density at radius 3 is 2.21 bits per heavy atom. The van der Waals surface area contributed by atoms with Crippen LogP contribution in [-0.4, -0.2) is 18.5 Å². The Balaban J connectivity index is 3.00. The van der Waals surface area contributed by atoms with Crippen LogP contribution in [0.15, 0.2) is 18.2 Å². The minimum Gasteiger partial charge on any atom is -0.397 e. The molecule has 4 N–H and O–H groups in total. The fourth-order valence-corrected chi connectivity index (χ4v) is 2.26. The number of carbonyl (C=O) groups excluding carboxylic acids is 1. The van der Waals surface area contributed by atoms with Crippen molar-refractivity contribution in [3.63, 3.8) is 0 Å². The molecule has 0 fully saturated rings. The van der Waals surface area contributed by atoms with Gasteiger partial charge in [-0.2, -0.15) is 0 Å². The Morgan fingerprint density at radius 1 is 1.21 bits per heavy atom. The van der Waals surface area contributed by atoms with Gasteiger partial charge in [-0.05, 0) is 37.5 Å². The van der Waals surface area contributed by atoms with E-state index in [1.165, 1.54) is 0 Å². The van der Waals surface area contributed by atoms with Crippen LogP contribution >= 0.6 is 0 Å². The van der Waals surface area contributed by atoms with Crippen LogP contribution in [0.2, 0.25) is 0 Å². The molecule has 0 saturated heterocycles. The number of nitrogens with two attached hydrogens (primary N) is 1. The summed E-state index contributed by atoms with van der Waals surface area (Å²) in [5, 5.41) is 6.13. The van der Waals surface area contributed by atoms with Crippen LogP contribution in [0.4, 0.5) is 11.4 Å². The van der Waals surface area contributed by atoms with Gasteiger partial charge in [0.1, 0.15) is 0 Å². The molecule has 0 aliphatic rings. The fourth-order valence-electron chi connectivity index (χ4n) is 2.26. The first kappa shape index (κ1) is 15.3. The molecule has 1 aromatic rings. The van der Waals surface area contributed by atoms with Gasteiger partial charge in [-0.1, -0.05) is 20.8 Å². The van der Waals surface area contributed by atoms with Gasteiger partial charge in [-0.3, -0.25) is 4.79 Å². The summed E-state index contributed by atoms with van der Waals surface area (Å²) in [4.78, 5) is 11.5. The normalized spacial score (nSPS) is 11.2. The van der Waals surface area contributed by atoms with Gasteiger partial charge in [-0.15, -0.1) is 0 Å².